The van der Waals surface area contributed by atoms with Gasteiger partial charge in [-0.25, -0.2) is 0 Å². The highest BCUT2D eigenvalue weighted by Crippen LogP contribution is 2.35. The van der Waals surface area contributed by atoms with Crippen molar-refractivity contribution in [3.8, 4) is 11.3 Å². The van der Waals surface area contributed by atoms with Crippen molar-refractivity contribution in [3.63, 3.8) is 0 Å². The Labute approximate surface area is 115 Å². The molecule has 1 aromatic heterocycles. The van der Waals surface area contributed by atoms with E-state index in [1.54, 1.807) is 16.8 Å². The van der Waals surface area contributed by atoms with Crippen LogP contribution in [0.25, 0.3) is 11.3 Å². The lowest BCUT2D eigenvalue weighted by Gasteiger charge is -2.01. The summed E-state index contributed by atoms with van der Waals surface area (Å²) in [6, 6.07) is 5.30. The number of rotatable bonds is 2. The van der Waals surface area contributed by atoms with Gasteiger partial charge >= 0.3 is 0 Å². The summed E-state index contributed by atoms with van der Waals surface area (Å²) < 4.78 is 1.78. The fraction of sp³-hybridized carbons (Fsp3) is 0.250. The van der Waals surface area contributed by atoms with Gasteiger partial charge in [0.15, 0.2) is 0 Å². The van der Waals surface area contributed by atoms with E-state index in [0.717, 1.165) is 17.7 Å². The average Bonchev–Trinajstić information content (AvgIpc) is 2.54. The van der Waals surface area contributed by atoms with Gasteiger partial charge in [-0.2, -0.15) is 5.10 Å². The zero-order valence-electron chi connectivity index (χ0n) is 9.47. The van der Waals surface area contributed by atoms with Gasteiger partial charge in [-0.3, -0.25) is 4.68 Å². The second-order valence-corrected chi connectivity index (χ2v) is 4.93. The van der Waals surface area contributed by atoms with Gasteiger partial charge in [0, 0.05) is 17.6 Å². The Morgan fingerprint density at radius 1 is 1.24 bits per heavy atom. The Bertz CT molecular complexity index is 561. The minimum absolute atomic E-state index is 0.556. The number of hydrogen-bond donors (Lipinski definition) is 0. The van der Waals surface area contributed by atoms with Crippen molar-refractivity contribution in [1.82, 2.24) is 9.78 Å². The maximum atomic E-state index is 6.30. The third kappa shape index (κ3) is 2.30. The van der Waals surface area contributed by atoms with Gasteiger partial charge in [-0.05, 0) is 24.6 Å². The summed E-state index contributed by atoms with van der Waals surface area (Å²) in [6.07, 6.45) is 0.827. The molecular formula is C12H11Cl3N2. The highest BCUT2D eigenvalue weighted by atomic mass is 35.5. The van der Waals surface area contributed by atoms with Crippen LogP contribution in [0.15, 0.2) is 18.2 Å². The minimum Gasteiger partial charge on any atom is -0.270 e. The predicted octanol–water partition coefficient (Wildman–Crippen LogP) is 4.61. The monoisotopic (exact) mass is 288 g/mol. The zero-order chi connectivity index (χ0) is 12.6. The summed E-state index contributed by atoms with van der Waals surface area (Å²) in [5, 5.41) is 6.21. The maximum Gasteiger partial charge on any atom is 0.113 e. The first-order valence-corrected chi connectivity index (χ1v) is 6.34. The van der Waals surface area contributed by atoms with Crippen LogP contribution < -0.4 is 0 Å². The van der Waals surface area contributed by atoms with Crippen LogP contribution in [0.2, 0.25) is 15.1 Å². The van der Waals surface area contributed by atoms with Crippen LogP contribution in [0.1, 0.15) is 12.6 Å². The van der Waals surface area contributed by atoms with E-state index in [-0.39, 0.29) is 0 Å². The van der Waals surface area contributed by atoms with Gasteiger partial charge in [0.05, 0.1) is 15.7 Å². The Hall–Kier alpha value is -0.700. The van der Waals surface area contributed by atoms with Crippen molar-refractivity contribution >= 4 is 34.8 Å². The third-order valence-electron chi connectivity index (χ3n) is 2.62. The van der Waals surface area contributed by atoms with Crippen LogP contribution in [-0.2, 0) is 13.5 Å². The first-order valence-electron chi connectivity index (χ1n) is 5.21. The lowest BCUT2D eigenvalue weighted by atomic mass is 10.1. The Kier molecular flexibility index (Phi) is 3.67. The molecule has 2 nitrogen and oxygen atoms in total. The number of aryl methyl sites for hydroxylation is 1. The molecule has 0 unspecified atom stereocenters. The highest BCUT2D eigenvalue weighted by Gasteiger charge is 2.16. The molecule has 0 saturated heterocycles. The Morgan fingerprint density at radius 2 is 1.94 bits per heavy atom. The van der Waals surface area contributed by atoms with Gasteiger partial charge in [0.2, 0.25) is 0 Å². The van der Waals surface area contributed by atoms with Crippen molar-refractivity contribution in [1.29, 1.82) is 0 Å². The molecule has 0 aliphatic heterocycles. The van der Waals surface area contributed by atoms with Crippen LogP contribution in [0.5, 0.6) is 0 Å². The number of hydrogen-bond acceptors (Lipinski definition) is 1. The molecular weight excluding hydrogens is 279 g/mol. The Morgan fingerprint density at radius 3 is 2.47 bits per heavy atom. The molecule has 0 radical (unpaired) electrons. The molecule has 5 heteroatoms. The third-order valence-corrected chi connectivity index (χ3v) is 3.57. The molecule has 0 amide bonds. The summed E-state index contributed by atoms with van der Waals surface area (Å²) in [5.74, 6) is 0. The van der Waals surface area contributed by atoms with Crippen molar-refractivity contribution in [2.75, 3.05) is 0 Å². The summed E-state index contributed by atoms with van der Waals surface area (Å²) in [6.45, 7) is 2.04. The Balaban J connectivity index is 2.61. The molecule has 90 valence electrons. The van der Waals surface area contributed by atoms with E-state index < -0.39 is 0 Å². The number of aromatic nitrogens is 2. The maximum absolute atomic E-state index is 6.30. The first-order chi connectivity index (χ1) is 8.04. The summed E-state index contributed by atoms with van der Waals surface area (Å²) in [4.78, 5) is 0. The second kappa shape index (κ2) is 4.89. The fourth-order valence-electron chi connectivity index (χ4n) is 1.77. The smallest absolute Gasteiger partial charge is 0.113 e. The van der Waals surface area contributed by atoms with E-state index in [2.05, 4.69) is 5.10 Å². The van der Waals surface area contributed by atoms with Crippen LogP contribution in [0.4, 0.5) is 0 Å². The zero-order valence-corrected chi connectivity index (χ0v) is 11.7. The topological polar surface area (TPSA) is 17.8 Å². The van der Waals surface area contributed by atoms with E-state index in [9.17, 15) is 0 Å². The molecule has 0 aliphatic carbocycles. The van der Waals surface area contributed by atoms with Gasteiger partial charge in [0.1, 0.15) is 5.69 Å². The molecule has 17 heavy (non-hydrogen) atoms. The summed E-state index contributed by atoms with van der Waals surface area (Å²) in [5.41, 5.74) is 2.50. The van der Waals surface area contributed by atoms with E-state index in [0.29, 0.717) is 20.8 Å². The second-order valence-electron chi connectivity index (χ2n) is 3.71. The number of halogens is 3. The molecule has 1 aromatic carbocycles. The standard InChI is InChI=1S/C12H11Cl3N2/c1-3-10-11(15)12(16-17(10)2)8-5-4-7(13)6-9(8)14/h4-6H,3H2,1-2H3. The minimum atomic E-state index is 0.556. The van der Waals surface area contributed by atoms with Gasteiger partial charge in [0.25, 0.3) is 0 Å². The van der Waals surface area contributed by atoms with Crippen molar-refractivity contribution in [3.05, 3.63) is 39.0 Å². The van der Waals surface area contributed by atoms with Crippen LogP contribution in [0.3, 0.4) is 0 Å². The summed E-state index contributed by atoms with van der Waals surface area (Å²) in [7, 11) is 1.87. The van der Waals surface area contributed by atoms with Gasteiger partial charge in [-0.1, -0.05) is 41.7 Å². The van der Waals surface area contributed by atoms with E-state index >= 15 is 0 Å². The molecule has 2 rings (SSSR count). The van der Waals surface area contributed by atoms with E-state index in [1.165, 1.54) is 0 Å². The van der Waals surface area contributed by atoms with Gasteiger partial charge in [-0.15, -0.1) is 0 Å². The predicted molar refractivity (Wildman–Crippen MR) is 73.1 cm³/mol. The van der Waals surface area contributed by atoms with Crippen LogP contribution in [0, 0.1) is 0 Å². The fourth-order valence-corrected chi connectivity index (χ4v) is 2.66. The first kappa shape index (κ1) is 12.7. The molecule has 0 saturated carbocycles. The van der Waals surface area contributed by atoms with Crippen molar-refractivity contribution < 1.29 is 0 Å². The highest BCUT2D eigenvalue weighted by molar-refractivity contribution is 6.38. The van der Waals surface area contributed by atoms with E-state index in [1.807, 2.05) is 20.0 Å². The molecule has 2 aromatic rings. The van der Waals surface area contributed by atoms with Crippen LogP contribution >= 0.6 is 34.8 Å². The van der Waals surface area contributed by atoms with E-state index in [4.69, 9.17) is 34.8 Å². The molecule has 0 fully saturated rings. The molecule has 0 atom stereocenters. The summed E-state index contributed by atoms with van der Waals surface area (Å²) >= 11 is 18.3. The lowest BCUT2D eigenvalue weighted by Crippen LogP contribution is -1.96. The van der Waals surface area contributed by atoms with Crippen molar-refractivity contribution in [2.45, 2.75) is 13.3 Å². The number of nitrogens with zero attached hydrogens (tertiary/aromatic N) is 2. The lowest BCUT2D eigenvalue weighted by molar-refractivity contribution is 0.720. The van der Waals surface area contributed by atoms with Crippen molar-refractivity contribution in [2.24, 2.45) is 7.05 Å². The molecule has 0 aliphatic rings. The normalized spacial score (nSPS) is 10.9. The molecule has 0 bridgehead atoms. The number of benzene rings is 1. The largest absolute Gasteiger partial charge is 0.270 e. The van der Waals surface area contributed by atoms with Crippen LogP contribution in [-0.4, -0.2) is 9.78 Å². The van der Waals surface area contributed by atoms with Gasteiger partial charge < -0.3 is 0 Å². The SMILES string of the molecule is CCc1c(Cl)c(-c2ccc(Cl)cc2Cl)nn1C. The molecule has 0 N–H and O–H groups in total. The molecule has 0 spiro atoms. The quantitative estimate of drug-likeness (QED) is 0.789. The molecule has 1 heterocycles. The average molecular weight is 290 g/mol.